The Labute approximate surface area is 127 Å². The van der Waals surface area contributed by atoms with Crippen LogP contribution in [0.1, 0.15) is 0 Å². The maximum Gasteiger partial charge on any atom is 0.222 e. The van der Waals surface area contributed by atoms with Gasteiger partial charge in [0.1, 0.15) is 11.5 Å². The van der Waals surface area contributed by atoms with Crippen LogP contribution in [0.4, 0.5) is 17.5 Å². The number of aromatic nitrogens is 2. The highest BCUT2D eigenvalue weighted by atomic mass is 16.5. The number of hydrogen-bond donors (Lipinski definition) is 3. The molecule has 22 heavy (non-hydrogen) atoms. The molecule has 0 aliphatic rings. The van der Waals surface area contributed by atoms with Crippen LogP contribution in [0.3, 0.4) is 0 Å². The second-order valence-electron chi connectivity index (χ2n) is 4.53. The molecule has 4 N–H and O–H groups in total. The molecule has 6 heteroatoms. The van der Waals surface area contributed by atoms with Crippen molar-refractivity contribution in [2.75, 3.05) is 11.1 Å². The van der Waals surface area contributed by atoms with Crippen molar-refractivity contribution in [3.63, 3.8) is 0 Å². The Morgan fingerprint density at radius 2 is 1.73 bits per heavy atom. The van der Waals surface area contributed by atoms with Gasteiger partial charge in [-0.2, -0.15) is 4.98 Å². The van der Waals surface area contributed by atoms with E-state index in [4.69, 9.17) is 10.5 Å². The van der Waals surface area contributed by atoms with Crippen molar-refractivity contribution in [2.45, 2.75) is 0 Å². The third-order valence-electron chi connectivity index (χ3n) is 2.87. The first-order valence-electron chi connectivity index (χ1n) is 6.62. The van der Waals surface area contributed by atoms with Gasteiger partial charge in [-0.05, 0) is 36.4 Å². The fourth-order valence-corrected chi connectivity index (χ4v) is 1.85. The Morgan fingerprint density at radius 3 is 2.45 bits per heavy atom. The van der Waals surface area contributed by atoms with Crippen LogP contribution >= 0.6 is 0 Å². The first-order chi connectivity index (χ1) is 10.7. The van der Waals surface area contributed by atoms with Crippen LogP contribution in [-0.4, -0.2) is 15.1 Å². The quantitative estimate of drug-likeness (QED) is 0.639. The number of para-hydroxylation sites is 1. The molecule has 0 radical (unpaired) electrons. The fraction of sp³-hybridized carbons (Fsp3) is 0. The molecule has 3 rings (SSSR count). The number of hydrogen-bond acceptors (Lipinski definition) is 6. The highest BCUT2D eigenvalue weighted by Gasteiger charge is 2.09. The molecule has 0 aliphatic carbocycles. The van der Waals surface area contributed by atoms with Crippen molar-refractivity contribution in [2.24, 2.45) is 0 Å². The second kappa shape index (κ2) is 6.01. The van der Waals surface area contributed by atoms with Crippen LogP contribution in [0.5, 0.6) is 17.2 Å². The number of ether oxygens (including phenoxy) is 1. The molecular formula is C16H14N4O2. The number of nitrogens with one attached hydrogen (secondary N) is 1. The molecule has 0 amide bonds. The van der Waals surface area contributed by atoms with Crippen molar-refractivity contribution in [3.8, 4) is 17.2 Å². The molecule has 110 valence electrons. The number of nitrogen functional groups attached to an aromatic ring is 1. The molecule has 0 atom stereocenters. The molecule has 0 unspecified atom stereocenters. The van der Waals surface area contributed by atoms with E-state index in [1.807, 2.05) is 30.3 Å². The maximum absolute atomic E-state index is 9.32. The summed E-state index contributed by atoms with van der Waals surface area (Å²) in [5.74, 6) is 1.90. The molecule has 0 saturated heterocycles. The van der Waals surface area contributed by atoms with E-state index in [0.717, 1.165) is 5.69 Å². The fourth-order valence-electron chi connectivity index (χ4n) is 1.85. The molecule has 2 aromatic carbocycles. The van der Waals surface area contributed by atoms with E-state index in [9.17, 15) is 5.11 Å². The number of nitrogens with zero attached hydrogens (tertiary/aromatic N) is 2. The van der Waals surface area contributed by atoms with E-state index in [-0.39, 0.29) is 11.7 Å². The average Bonchev–Trinajstić information content (AvgIpc) is 2.53. The summed E-state index contributed by atoms with van der Waals surface area (Å²) in [7, 11) is 0. The van der Waals surface area contributed by atoms with Crippen LogP contribution in [0.2, 0.25) is 0 Å². The molecule has 0 fully saturated rings. The van der Waals surface area contributed by atoms with Gasteiger partial charge in [0, 0.05) is 5.69 Å². The summed E-state index contributed by atoms with van der Waals surface area (Å²) in [5, 5.41) is 12.4. The normalized spacial score (nSPS) is 10.2. The lowest BCUT2D eigenvalue weighted by Gasteiger charge is -2.12. The minimum atomic E-state index is 0.140. The van der Waals surface area contributed by atoms with Crippen LogP contribution < -0.4 is 15.8 Å². The van der Waals surface area contributed by atoms with E-state index in [1.54, 1.807) is 24.3 Å². The molecule has 1 aromatic heterocycles. The third-order valence-corrected chi connectivity index (χ3v) is 2.87. The molecule has 0 spiro atoms. The van der Waals surface area contributed by atoms with E-state index >= 15 is 0 Å². The Hall–Kier alpha value is -3.28. The van der Waals surface area contributed by atoms with Gasteiger partial charge in [-0.1, -0.05) is 18.2 Å². The van der Waals surface area contributed by atoms with Gasteiger partial charge in [0.2, 0.25) is 5.95 Å². The number of aromatic hydroxyl groups is 1. The van der Waals surface area contributed by atoms with Gasteiger partial charge >= 0.3 is 0 Å². The van der Waals surface area contributed by atoms with Crippen molar-refractivity contribution < 1.29 is 9.84 Å². The number of nitrogens with two attached hydrogens (primary N) is 1. The Balaban J connectivity index is 1.89. The predicted octanol–water partition coefficient (Wildman–Crippen LogP) is 3.30. The lowest BCUT2D eigenvalue weighted by molar-refractivity contribution is 0.475. The highest BCUT2D eigenvalue weighted by molar-refractivity contribution is 5.63. The smallest absolute Gasteiger partial charge is 0.222 e. The first-order valence-corrected chi connectivity index (χ1v) is 6.62. The number of anilines is 3. The van der Waals surface area contributed by atoms with Gasteiger partial charge in [-0.15, -0.1) is 0 Å². The zero-order chi connectivity index (χ0) is 15.4. The van der Waals surface area contributed by atoms with Crippen LogP contribution in [0, 0.1) is 0 Å². The minimum absolute atomic E-state index is 0.140. The summed E-state index contributed by atoms with van der Waals surface area (Å²) in [6.45, 7) is 0. The summed E-state index contributed by atoms with van der Waals surface area (Å²) in [6.07, 6.45) is 1.51. The molecule has 0 bridgehead atoms. The van der Waals surface area contributed by atoms with Gasteiger partial charge < -0.3 is 20.9 Å². The lowest BCUT2D eigenvalue weighted by atomic mass is 10.3. The van der Waals surface area contributed by atoms with E-state index < -0.39 is 0 Å². The van der Waals surface area contributed by atoms with Gasteiger partial charge in [0.05, 0.1) is 6.20 Å². The zero-order valence-electron chi connectivity index (χ0n) is 11.6. The average molecular weight is 294 g/mol. The summed E-state index contributed by atoms with van der Waals surface area (Å²) >= 11 is 0. The minimum Gasteiger partial charge on any atom is -0.508 e. The summed E-state index contributed by atoms with van der Waals surface area (Å²) in [6, 6.07) is 15.9. The molecule has 0 aliphatic heterocycles. The SMILES string of the molecule is Nc1ncc(Oc2ccccc2)c(Nc2ccc(O)cc2)n1. The molecule has 6 nitrogen and oxygen atoms in total. The number of rotatable bonds is 4. The Morgan fingerprint density at radius 1 is 1.00 bits per heavy atom. The number of phenolic OH excluding ortho intramolecular Hbond substituents is 1. The van der Waals surface area contributed by atoms with Crippen LogP contribution in [0.15, 0.2) is 60.8 Å². The lowest BCUT2D eigenvalue weighted by Crippen LogP contribution is -2.02. The highest BCUT2D eigenvalue weighted by Crippen LogP contribution is 2.30. The third kappa shape index (κ3) is 3.24. The Bertz CT molecular complexity index is 761. The van der Waals surface area contributed by atoms with Crippen molar-refractivity contribution >= 4 is 17.5 Å². The van der Waals surface area contributed by atoms with Crippen molar-refractivity contribution in [1.82, 2.24) is 9.97 Å². The summed E-state index contributed by atoms with van der Waals surface area (Å²) in [4.78, 5) is 8.11. The zero-order valence-corrected chi connectivity index (χ0v) is 11.6. The van der Waals surface area contributed by atoms with Gasteiger partial charge in [-0.3, -0.25) is 0 Å². The second-order valence-corrected chi connectivity index (χ2v) is 4.53. The van der Waals surface area contributed by atoms with E-state index in [0.29, 0.717) is 17.3 Å². The van der Waals surface area contributed by atoms with Crippen molar-refractivity contribution in [3.05, 3.63) is 60.8 Å². The molecule has 3 aromatic rings. The molecule has 1 heterocycles. The molecular weight excluding hydrogens is 280 g/mol. The summed E-state index contributed by atoms with van der Waals surface area (Å²) < 4.78 is 5.77. The standard InChI is InChI=1S/C16H14N4O2/c17-16-18-10-14(22-13-4-2-1-3-5-13)15(20-16)19-11-6-8-12(21)9-7-11/h1-10,21H,(H3,17,18,19,20). The van der Waals surface area contributed by atoms with Gasteiger partial charge in [-0.25, -0.2) is 4.98 Å². The number of phenols is 1. The topological polar surface area (TPSA) is 93.3 Å². The monoisotopic (exact) mass is 294 g/mol. The summed E-state index contributed by atoms with van der Waals surface area (Å²) in [5.41, 5.74) is 6.39. The maximum atomic E-state index is 9.32. The predicted molar refractivity (Wildman–Crippen MR) is 84.3 cm³/mol. The number of benzene rings is 2. The Kier molecular flexibility index (Phi) is 3.74. The van der Waals surface area contributed by atoms with E-state index in [2.05, 4.69) is 15.3 Å². The molecule has 0 saturated carbocycles. The van der Waals surface area contributed by atoms with Crippen LogP contribution in [-0.2, 0) is 0 Å². The van der Waals surface area contributed by atoms with E-state index in [1.165, 1.54) is 6.20 Å². The largest absolute Gasteiger partial charge is 0.508 e. The van der Waals surface area contributed by atoms with Gasteiger partial charge in [0.25, 0.3) is 0 Å². The van der Waals surface area contributed by atoms with Crippen molar-refractivity contribution in [1.29, 1.82) is 0 Å². The van der Waals surface area contributed by atoms with Crippen LogP contribution in [0.25, 0.3) is 0 Å². The first kappa shape index (κ1) is 13.7. The van der Waals surface area contributed by atoms with Gasteiger partial charge in [0.15, 0.2) is 11.6 Å².